The number of hydrogen-bond acceptors (Lipinski definition) is 2. The standard InChI is InChI=1S/C7H15O2/c1-6(2)7(3)9-5-4-8/h7-8H,4-5H2,1-3H3. The van der Waals surface area contributed by atoms with Gasteiger partial charge >= 0.3 is 0 Å². The first-order valence-corrected chi connectivity index (χ1v) is 3.21. The smallest absolute Gasteiger partial charge is 0.0701 e. The van der Waals surface area contributed by atoms with Crippen molar-refractivity contribution in [2.75, 3.05) is 13.2 Å². The molecule has 55 valence electrons. The first-order valence-electron chi connectivity index (χ1n) is 3.21. The van der Waals surface area contributed by atoms with Crippen molar-refractivity contribution in [3.05, 3.63) is 5.92 Å². The van der Waals surface area contributed by atoms with Crippen LogP contribution in [0.4, 0.5) is 0 Å². The number of rotatable bonds is 4. The summed E-state index contributed by atoms with van der Waals surface area (Å²) in [5.41, 5.74) is 0. The molecule has 1 radical (unpaired) electrons. The summed E-state index contributed by atoms with van der Waals surface area (Å²) in [5.74, 6) is 1.24. The highest BCUT2D eigenvalue weighted by Crippen LogP contribution is 2.06. The molecule has 0 saturated heterocycles. The Balaban J connectivity index is 3.16. The van der Waals surface area contributed by atoms with Gasteiger partial charge in [0.05, 0.1) is 19.3 Å². The van der Waals surface area contributed by atoms with E-state index in [2.05, 4.69) is 0 Å². The molecule has 0 aliphatic rings. The molecule has 2 nitrogen and oxygen atoms in total. The fourth-order valence-corrected chi connectivity index (χ4v) is 0.396. The Hall–Kier alpha value is -0.0800. The summed E-state index contributed by atoms with van der Waals surface area (Å²) in [5, 5.41) is 8.36. The second kappa shape index (κ2) is 4.77. The lowest BCUT2D eigenvalue weighted by Crippen LogP contribution is -2.15. The summed E-state index contributed by atoms with van der Waals surface area (Å²) in [4.78, 5) is 0. The highest BCUT2D eigenvalue weighted by atomic mass is 16.5. The van der Waals surface area contributed by atoms with Crippen molar-refractivity contribution >= 4 is 0 Å². The zero-order valence-corrected chi connectivity index (χ0v) is 6.35. The maximum Gasteiger partial charge on any atom is 0.0701 e. The maximum atomic E-state index is 8.36. The quantitative estimate of drug-likeness (QED) is 0.616. The zero-order valence-electron chi connectivity index (χ0n) is 6.35. The monoisotopic (exact) mass is 131 g/mol. The van der Waals surface area contributed by atoms with E-state index in [0.717, 1.165) is 0 Å². The van der Waals surface area contributed by atoms with Crippen LogP contribution >= 0.6 is 0 Å². The van der Waals surface area contributed by atoms with E-state index in [1.807, 2.05) is 20.8 Å². The van der Waals surface area contributed by atoms with Crippen LogP contribution in [-0.4, -0.2) is 24.4 Å². The molecule has 0 rings (SSSR count). The van der Waals surface area contributed by atoms with Crippen molar-refractivity contribution in [2.24, 2.45) is 0 Å². The molecule has 1 atom stereocenters. The molecule has 2 heteroatoms. The molecule has 0 aromatic carbocycles. The summed E-state index contributed by atoms with van der Waals surface area (Å²) >= 11 is 0. The topological polar surface area (TPSA) is 29.5 Å². The Morgan fingerprint density at radius 1 is 1.56 bits per heavy atom. The molecule has 0 amide bonds. The number of aliphatic hydroxyl groups is 1. The molecule has 1 N–H and O–H groups in total. The van der Waals surface area contributed by atoms with E-state index in [4.69, 9.17) is 9.84 Å². The van der Waals surface area contributed by atoms with E-state index in [9.17, 15) is 0 Å². The maximum absolute atomic E-state index is 8.36. The number of aliphatic hydroxyl groups excluding tert-OH is 1. The van der Waals surface area contributed by atoms with Crippen LogP contribution in [0.3, 0.4) is 0 Å². The van der Waals surface area contributed by atoms with E-state index < -0.39 is 0 Å². The Morgan fingerprint density at radius 2 is 2.11 bits per heavy atom. The fourth-order valence-electron chi connectivity index (χ4n) is 0.396. The minimum Gasteiger partial charge on any atom is -0.394 e. The Kier molecular flexibility index (Phi) is 4.72. The van der Waals surface area contributed by atoms with Gasteiger partial charge in [-0.15, -0.1) is 0 Å². The predicted molar refractivity (Wildman–Crippen MR) is 37.1 cm³/mol. The van der Waals surface area contributed by atoms with Crippen LogP contribution in [0, 0.1) is 5.92 Å². The molecule has 0 aromatic heterocycles. The van der Waals surface area contributed by atoms with Crippen LogP contribution in [0.2, 0.25) is 0 Å². The van der Waals surface area contributed by atoms with Crippen molar-refractivity contribution in [1.82, 2.24) is 0 Å². The van der Waals surface area contributed by atoms with Crippen molar-refractivity contribution in [3.8, 4) is 0 Å². The third-order valence-electron chi connectivity index (χ3n) is 1.27. The second-order valence-electron chi connectivity index (χ2n) is 2.31. The summed E-state index contributed by atoms with van der Waals surface area (Å²) in [7, 11) is 0. The summed E-state index contributed by atoms with van der Waals surface area (Å²) in [6.07, 6.45) is 0.178. The van der Waals surface area contributed by atoms with E-state index in [0.29, 0.717) is 6.61 Å². The highest BCUT2D eigenvalue weighted by Gasteiger charge is 2.05. The van der Waals surface area contributed by atoms with Crippen molar-refractivity contribution < 1.29 is 9.84 Å². The molecule has 0 aliphatic carbocycles. The predicted octanol–water partition coefficient (Wildman–Crippen LogP) is 0.998. The Bertz CT molecular complexity index is 61.9. The van der Waals surface area contributed by atoms with Gasteiger partial charge in [-0.2, -0.15) is 0 Å². The van der Waals surface area contributed by atoms with E-state index in [-0.39, 0.29) is 12.7 Å². The van der Waals surface area contributed by atoms with Crippen LogP contribution in [0.1, 0.15) is 20.8 Å². The van der Waals surface area contributed by atoms with Crippen LogP contribution in [0.5, 0.6) is 0 Å². The SMILES string of the molecule is C[C](C)C(C)OCCO. The van der Waals surface area contributed by atoms with Crippen LogP contribution in [0.25, 0.3) is 0 Å². The molecular weight excluding hydrogens is 116 g/mol. The van der Waals surface area contributed by atoms with Crippen molar-refractivity contribution in [2.45, 2.75) is 26.9 Å². The largest absolute Gasteiger partial charge is 0.394 e. The molecule has 0 fully saturated rings. The van der Waals surface area contributed by atoms with Gasteiger partial charge in [-0.25, -0.2) is 0 Å². The highest BCUT2D eigenvalue weighted by molar-refractivity contribution is 4.84. The van der Waals surface area contributed by atoms with E-state index >= 15 is 0 Å². The second-order valence-corrected chi connectivity index (χ2v) is 2.31. The normalized spacial score (nSPS) is 14.3. The minimum absolute atomic E-state index is 0.109. The van der Waals surface area contributed by atoms with Gasteiger partial charge in [-0.1, -0.05) is 13.8 Å². The van der Waals surface area contributed by atoms with Gasteiger partial charge in [-0.3, -0.25) is 0 Å². The third-order valence-corrected chi connectivity index (χ3v) is 1.27. The number of ether oxygens (including phenoxy) is 1. The summed E-state index contributed by atoms with van der Waals surface area (Å²) in [6.45, 7) is 6.55. The molecule has 0 aliphatic heterocycles. The van der Waals surface area contributed by atoms with Crippen LogP contribution in [-0.2, 0) is 4.74 Å². The van der Waals surface area contributed by atoms with Gasteiger partial charge in [0.15, 0.2) is 0 Å². The van der Waals surface area contributed by atoms with Gasteiger partial charge in [0, 0.05) is 0 Å². The lowest BCUT2D eigenvalue weighted by molar-refractivity contribution is 0.0476. The van der Waals surface area contributed by atoms with Gasteiger partial charge in [0.25, 0.3) is 0 Å². The van der Waals surface area contributed by atoms with Gasteiger partial charge in [-0.05, 0) is 12.8 Å². The number of hydrogen-bond donors (Lipinski definition) is 1. The molecule has 0 saturated carbocycles. The first-order chi connectivity index (χ1) is 4.18. The lowest BCUT2D eigenvalue weighted by atomic mass is 10.1. The van der Waals surface area contributed by atoms with Crippen molar-refractivity contribution in [3.63, 3.8) is 0 Å². The van der Waals surface area contributed by atoms with Gasteiger partial charge < -0.3 is 9.84 Å². The minimum atomic E-state index is 0.109. The average molecular weight is 131 g/mol. The Labute approximate surface area is 56.8 Å². The summed E-state index contributed by atoms with van der Waals surface area (Å²) in [6, 6.07) is 0. The fraction of sp³-hybridized carbons (Fsp3) is 0.857. The molecular formula is C7H15O2. The molecule has 0 spiro atoms. The van der Waals surface area contributed by atoms with Gasteiger partial charge in [0.2, 0.25) is 0 Å². The zero-order chi connectivity index (χ0) is 7.28. The molecule has 1 unspecified atom stereocenters. The molecule has 0 bridgehead atoms. The lowest BCUT2D eigenvalue weighted by Gasteiger charge is -2.14. The van der Waals surface area contributed by atoms with E-state index in [1.54, 1.807) is 0 Å². The Morgan fingerprint density at radius 3 is 2.44 bits per heavy atom. The average Bonchev–Trinajstić information content (AvgIpc) is 1.82. The molecule has 0 heterocycles. The van der Waals surface area contributed by atoms with Crippen molar-refractivity contribution in [1.29, 1.82) is 0 Å². The summed E-state index contributed by atoms with van der Waals surface area (Å²) < 4.78 is 5.17. The van der Waals surface area contributed by atoms with Gasteiger partial charge in [0.1, 0.15) is 0 Å². The molecule has 0 aromatic rings. The third kappa shape index (κ3) is 4.43. The van der Waals surface area contributed by atoms with Crippen LogP contribution in [0.15, 0.2) is 0 Å². The first kappa shape index (κ1) is 8.92. The van der Waals surface area contributed by atoms with Crippen LogP contribution < -0.4 is 0 Å². The van der Waals surface area contributed by atoms with E-state index in [1.165, 1.54) is 5.92 Å². The molecule has 9 heavy (non-hydrogen) atoms.